The van der Waals surface area contributed by atoms with Crippen molar-refractivity contribution in [3.05, 3.63) is 12.2 Å². The molecule has 272 valence electrons. The summed E-state index contributed by atoms with van der Waals surface area (Å²) < 4.78 is 6.20. The highest BCUT2D eigenvalue weighted by atomic mass is 16.5. The maximum atomic E-state index is 13.1. The molecule has 5 heteroatoms. The molecular formula is C43H71NO4. The van der Waals surface area contributed by atoms with Crippen molar-refractivity contribution in [3.63, 3.8) is 0 Å². The summed E-state index contributed by atoms with van der Waals surface area (Å²) in [5.41, 5.74) is 1.52. The number of hydrogen-bond acceptors (Lipinski definition) is 4. The maximum absolute atomic E-state index is 13.1. The van der Waals surface area contributed by atoms with E-state index in [1.54, 1.807) is 13.8 Å². The van der Waals surface area contributed by atoms with E-state index in [2.05, 4.69) is 53.4 Å². The molecule has 0 aromatic heterocycles. The zero-order valence-corrected chi connectivity index (χ0v) is 32.1. The van der Waals surface area contributed by atoms with Gasteiger partial charge in [0, 0.05) is 5.41 Å². The average Bonchev–Trinajstić information content (AvgIpc) is 3.65. The zero-order chi connectivity index (χ0) is 34.9. The summed E-state index contributed by atoms with van der Waals surface area (Å²) in [5.74, 6) is 2.98. The van der Waals surface area contributed by atoms with E-state index in [4.69, 9.17) is 4.74 Å². The van der Waals surface area contributed by atoms with Crippen LogP contribution in [0.5, 0.6) is 0 Å². The van der Waals surface area contributed by atoms with E-state index in [-0.39, 0.29) is 29.3 Å². The van der Waals surface area contributed by atoms with Crippen molar-refractivity contribution in [2.45, 2.75) is 164 Å². The molecule has 0 amide bonds. The number of carbonyl (C=O) groups excluding carboxylic acids is 1. The SMILES string of the molecule is C=C(C)[C@@H]1CC[C@]2(CCNCC3CCCC3)CC[C@]3(C)[C@H](CC[C@@H]4[C@@]5(C)CC[C@H](OC(=O)CC(C)(C)C(=O)O)C(C)(C)[C@@H]5CC[C@]43C)[C@@H]12. The molecule has 6 saturated carbocycles. The second kappa shape index (κ2) is 12.7. The molecule has 0 aliphatic heterocycles. The molecule has 5 nitrogen and oxygen atoms in total. The smallest absolute Gasteiger partial charge is 0.309 e. The lowest BCUT2D eigenvalue weighted by Gasteiger charge is -2.73. The molecule has 6 aliphatic carbocycles. The highest BCUT2D eigenvalue weighted by molar-refractivity contribution is 5.81. The summed E-state index contributed by atoms with van der Waals surface area (Å²) in [6, 6.07) is 0. The van der Waals surface area contributed by atoms with Gasteiger partial charge in [-0.2, -0.15) is 0 Å². The lowest BCUT2D eigenvalue weighted by Crippen LogP contribution is -2.66. The minimum atomic E-state index is -1.11. The minimum absolute atomic E-state index is 0.0816. The molecule has 6 aliphatic rings. The predicted octanol–water partition coefficient (Wildman–Crippen LogP) is 10.2. The summed E-state index contributed by atoms with van der Waals surface area (Å²) in [6.07, 6.45) is 19.4. The second-order valence-electron chi connectivity index (χ2n) is 20.4. The topological polar surface area (TPSA) is 75.6 Å². The third-order valence-electron chi connectivity index (χ3n) is 17.3. The molecule has 10 atom stereocenters. The van der Waals surface area contributed by atoms with Crippen LogP contribution < -0.4 is 5.32 Å². The van der Waals surface area contributed by atoms with E-state index in [0.29, 0.717) is 34.0 Å². The van der Waals surface area contributed by atoms with E-state index < -0.39 is 11.4 Å². The standard InChI is InChI=1S/C43H71NO4/c1-28(2)30-16-21-43(24-25-44-27-29-12-10-11-13-29)23-22-41(8)31(36(30)43)14-15-33-40(7)19-18-34(48-35(45)26-38(3,4)37(46)47)39(5,6)32(40)17-20-42(33,41)9/h29-34,36,44H,1,10-27H2,2-9H3,(H,46,47)/t30-,31+,32-,33+,34-,36+,40-,41+,42+,43+/m0/s1. The van der Waals surface area contributed by atoms with Crippen LogP contribution in [0.2, 0.25) is 0 Å². The van der Waals surface area contributed by atoms with Crippen LogP contribution in [0.1, 0.15) is 158 Å². The monoisotopic (exact) mass is 666 g/mol. The van der Waals surface area contributed by atoms with Crippen LogP contribution >= 0.6 is 0 Å². The van der Waals surface area contributed by atoms with Crippen LogP contribution in [0, 0.1) is 68.0 Å². The minimum Gasteiger partial charge on any atom is -0.481 e. The highest BCUT2D eigenvalue weighted by Crippen LogP contribution is 2.78. The molecule has 0 aromatic rings. The Morgan fingerprint density at radius 2 is 1.56 bits per heavy atom. The second-order valence-corrected chi connectivity index (χ2v) is 20.4. The Hall–Kier alpha value is -1.36. The first kappa shape index (κ1) is 36.4. The van der Waals surface area contributed by atoms with Gasteiger partial charge < -0.3 is 15.2 Å². The van der Waals surface area contributed by atoms with Crippen LogP contribution in [0.25, 0.3) is 0 Å². The van der Waals surface area contributed by atoms with Gasteiger partial charge in [0.05, 0.1) is 11.8 Å². The Balaban J connectivity index is 1.20. The van der Waals surface area contributed by atoms with Crippen molar-refractivity contribution in [2.24, 2.45) is 68.0 Å². The fraction of sp³-hybridized carbons (Fsp3) is 0.907. The van der Waals surface area contributed by atoms with Gasteiger partial charge in [-0.05, 0) is 174 Å². The molecule has 0 aromatic carbocycles. The number of rotatable bonds is 10. The number of aliphatic carboxylic acids is 1. The molecule has 0 bridgehead atoms. The van der Waals surface area contributed by atoms with Crippen molar-refractivity contribution in [2.75, 3.05) is 13.1 Å². The van der Waals surface area contributed by atoms with Gasteiger partial charge in [0.2, 0.25) is 0 Å². The van der Waals surface area contributed by atoms with Crippen molar-refractivity contribution in [1.29, 1.82) is 0 Å². The van der Waals surface area contributed by atoms with Gasteiger partial charge in [0.25, 0.3) is 0 Å². The van der Waals surface area contributed by atoms with Gasteiger partial charge >= 0.3 is 11.9 Å². The molecule has 0 saturated heterocycles. The summed E-state index contributed by atoms with van der Waals surface area (Å²) in [7, 11) is 0. The fourth-order valence-corrected chi connectivity index (χ4v) is 14.4. The van der Waals surface area contributed by atoms with Crippen LogP contribution in [0.4, 0.5) is 0 Å². The molecule has 2 N–H and O–H groups in total. The number of carboxylic acids is 1. The highest BCUT2D eigenvalue weighted by Gasteiger charge is 2.71. The van der Waals surface area contributed by atoms with Crippen LogP contribution in [0.3, 0.4) is 0 Å². The van der Waals surface area contributed by atoms with Gasteiger partial charge in [-0.3, -0.25) is 9.59 Å². The van der Waals surface area contributed by atoms with Crippen molar-refractivity contribution < 1.29 is 19.4 Å². The number of carboxylic acid groups (broad SMARTS) is 1. The van der Waals surface area contributed by atoms with Crippen molar-refractivity contribution >= 4 is 11.9 Å². The number of ether oxygens (including phenoxy) is 1. The van der Waals surface area contributed by atoms with E-state index in [1.807, 2.05) is 0 Å². The molecule has 6 rings (SSSR count). The molecule has 0 heterocycles. The van der Waals surface area contributed by atoms with Gasteiger partial charge in [-0.15, -0.1) is 0 Å². The Morgan fingerprint density at radius 3 is 2.23 bits per heavy atom. The molecule has 0 spiro atoms. The maximum Gasteiger partial charge on any atom is 0.309 e. The molecule has 48 heavy (non-hydrogen) atoms. The number of fused-ring (bicyclic) bond motifs is 7. The largest absolute Gasteiger partial charge is 0.481 e. The number of nitrogens with one attached hydrogen (secondary N) is 1. The van der Waals surface area contributed by atoms with E-state index in [0.717, 1.165) is 30.6 Å². The van der Waals surface area contributed by atoms with Gasteiger partial charge in [0.15, 0.2) is 0 Å². The lowest BCUT2D eigenvalue weighted by atomic mass is 9.32. The number of esters is 1. The number of carbonyl (C=O) groups is 2. The zero-order valence-electron chi connectivity index (χ0n) is 32.1. The Morgan fingerprint density at radius 1 is 0.854 bits per heavy atom. The summed E-state index contributed by atoms with van der Waals surface area (Å²) >= 11 is 0. The summed E-state index contributed by atoms with van der Waals surface area (Å²) in [5, 5.41) is 13.6. The first-order valence-corrected chi connectivity index (χ1v) is 20.2. The van der Waals surface area contributed by atoms with E-state index in [1.165, 1.54) is 102 Å². The quantitative estimate of drug-likeness (QED) is 0.138. The van der Waals surface area contributed by atoms with Crippen molar-refractivity contribution in [1.82, 2.24) is 5.32 Å². The normalized spacial score (nSPS) is 43.8. The Labute approximate surface area is 293 Å². The van der Waals surface area contributed by atoms with Crippen LogP contribution in [-0.2, 0) is 14.3 Å². The third kappa shape index (κ3) is 5.75. The van der Waals surface area contributed by atoms with Crippen LogP contribution in [0.15, 0.2) is 12.2 Å². The van der Waals surface area contributed by atoms with Gasteiger partial charge in [-0.1, -0.05) is 59.6 Å². The Kier molecular flexibility index (Phi) is 9.64. The molecule has 6 fully saturated rings. The fourth-order valence-electron chi connectivity index (χ4n) is 14.4. The summed E-state index contributed by atoms with van der Waals surface area (Å²) in [4.78, 5) is 24.8. The van der Waals surface area contributed by atoms with E-state index in [9.17, 15) is 14.7 Å². The molecule has 0 unspecified atom stereocenters. The first-order valence-electron chi connectivity index (χ1n) is 20.2. The van der Waals surface area contributed by atoms with Gasteiger partial charge in [-0.25, -0.2) is 0 Å². The molecule has 0 radical (unpaired) electrons. The van der Waals surface area contributed by atoms with E-state index >= 15 is 0 Å². The average molecular weight is 666 g/mol. The third-order valence-corrected chi connectivity index (χ3v) is 17.3. The Bertz CT molecular complexity index is 1250. The van der Waals surface area contributed by atoms with Crippen LogP contribution in [-0.4, -0.2) is 36.2 Å². The number of hydrogen-bond donors (Lipinski definition) is 2. The van der Waals surface area contributed by atoms with Gasteiger partial charge in [0.1, 0.15) is 6.10 Å². The number of allylic oxidation sites excluding steroid dienone is 1. The first-order chi connectivity index (χ1) is 22.4. The predicted molar refractivity (Wildman–Crippen MR) is 194 cm³/mol. The lowest BCUT2D eigenvalue weighted by molar-refractivity contribution is -0.250. The van der Waals surface area contributed by atoms with Crippen molar-refractivity contribution in [3.8, 4) is 0 Å². The summed E-state index contributed by atoms with van der Waals surface area (Å²) in [6.45, 7) is 25.4. The molecular weight excluding hydrogens is 594 g/mol.